The summed E-state index contributed by atoms with van der Waals surface area (Å²) in [6.45, 7) is 0.324. The van der Waals surface area contributed by atoms with Gasteiger partial charge in [-0.1, -0.05) is 36.8 Å². The molecule has 0 saturated heterocycles. The molecule has 94 valence electrons. The molecule has 0 spiro atoms. The fraction of sp³-hybridized carbons (Fsp3) is 0.400. The predicted molar refractivity (Wildman–Crippen MR) is 73.0 cm³/mol. The topological polar surface area (TPSA) is 55.1 Å². The van der Waals surface area contributed by atoms with Gasteiger partial charge in [-0.15, -0.1) is 0 Å². The van der Waals surface area contributed by atoms with Gasteiger partial charge in [0, 0.05) is 11.5 Å². The molecule has 3 heteroatoms. The molecule has 0 heterocycles. The minimum absolute atomic E-state index is 0.120. The first-order valence-corrected chi connectivity index (χ1v) is 6.40. The summed E-state index contributed by atoms with van der Waals surface area (Å²) in [6, 6.07) is 7.59. The maximum Gasteiger partial charge on any atom is 0.227 e. The summed E-state index contributed by atoms with van der Waals surface area (Å²) < 4.78 is 0. The molecule has 1 aromatic rings. The van der Waals surface area contributed by atoms with Gasteiger partial charge in [0.2, 0.25) is 5.91 Å². The van der Waals surface area contributed by atoms with Crippen molar-refractivity contribution in [1.82, 2.24) is 0 Å². The van der Waals surface area contributed by atoms with Crippen LogP contribution in [0.25, 0.3) is 0 Å². The molecule has 0 radical (unpaired) electrons. The van der Waals surface area contributed by atoms with Crippen LogP contribution in [0.1, 0.15) is 31.2 Å². The van der Waals surface area contributed by atoms with Gasteiger partial charge < -0.3 is 11.1 Å². The average Bonchev–Trinajstić information content (AvgIpc) is 2.91. The lowest BCUT2D eigenvalue weighted by atomic mass is 10.1. The lowest BCUT2D eigenvalue weighted by molar-refractivity contribution is -0.119. The van der Waals surface area contributed by atoms with E-state index in [4.69, 9.17) is 5.73 Å². The third kappa shape index (κ3) is 3.12. The number of rotatable bonds is 2. The number of carbonyl (C=O) groups is 1. The fourth-order valence-corrected chi connectivity index (χ4v) is 2.27. The molecule has 3 N–H and O–H groups in total. The van der Waals surface area contributed by atoms with E-state index in [0.717, 1.165) is 36.9 Å². The summed E-state index contributed by atoms with van der Waals surface area (Å²) in [5.74, 6) is 6.08. The Kier molecular flexibility index (Phi) is 4.38. The number of hydrogen-bond donors (Lipinski definition) is 2. The van der Waals surface area contributed by atoms with Gasteiger partial charge in [0.25, 0.3) is 0 Å². The number of amides is 1. The fourth-order valence-electron chi connectivity index (χ4n) is 2.27. The Balaban J connectivity index is 2.10. The van der Waals surface area contributed by atoms with Gasteiger partial charge in [-0.3, -0.25) is 4.79 Å². The molecule has 0 aliphatic heterocycles. The quantitative estimate of drug-likeness (QED) is 0.780. The summed E-state index contributed by atoms with van der Waals surface area (Å²) >= 11 is 0. The molecular formula is C15H18N2O. The number of hydrogen-bond acceptors (Lipinski definition) is 2. The lowest BCUT2D eigenvalue weighted by Crippen LogP contribution is -2.20. The van der Waals surface area contributed by atoms with E-state index in [-0.39, 0.29) is 11.8 Å². The molecule has 1 amide bonds. The van der Waals surface area contributed by atoms with Crippen molar-refractivity contribution in [1.29, 1.82) is 0 Å². The molecule has 1 aliphatic rings. The van der Waals surface area contributed by atoms with Crippen molar-refractivity contribution in [3.8, 4) is 11.8 Å². The van der Waals surface area contributed by atoms with Crippen molar-refractivity contribution in [2.45, 2.75) is 25.7 Å². The number of anilines is 1. The third-order valence-electron chi connectivity index (χ3n) is 3.24. The van der Waals surface area contributed by atoms with Crippen LogP contribution >= 0.6 is 0 Å². The van der Waals surface area contributed by atoms with E-state index in [0.29, 0.717) is 6.54 Å². The summed E-state index contributed by atoms with van der Waals surface area (Å²) in [6.07, 6.45) is 4.32. The summed E-state index contributed by atoms with van der Waals surface area (Å²) in [5.41, 5.74) is 6.98. The van der Waals surface area contributed by atoms with Crippen LogP contribution < -0.4 is 11.1 Å². The maximum atomic E-state index is 12.1. The Morgan fingerprint density at radius 1 is 1.33 bits per heavy atom. The maximum absolute atomic E-state index is 12.1. The number of benzene rings is 1. The van der Waals surface area contributed by atoms with E-state index in [1.807, 2.05) is 24.3 Å². The number of nitrogens with one attached hydrogen (secondary N) is 1. The van der Waals surface area contributed by atoms with Gasteiger partial charge in [0.05, 0.1) is 12.2 Å². The van der Waals surface area contributed by atoms with Crippen molar-refractivity contribution in [3.63, 3.8) is 0 Å². The highest BCUT2D eigenvalue weighted by Crippen LogP contribution is 2.26. The van der Waals surface area contributed by atoms with Crippen molar-refractivity contribution in [2.24, 2.45) is 11.7 Å². The van der Waals surface area contributed by atoms with E-state index in [2.05, 4.69) is 17.2 Å². The molecule has 1 aliphatic carbocycles. The largest absolute Gasteiger partial charge is 0.325 e. The lowest BCUT2D eigenvalue weighted by Gasteiger charge is -2.11. The van der Waals surface area contributed by atoms with Gasteiger partial charge in [0.1, 0.15) is 0 Å². The molecule has 3 nitrogen and oxygen atoms in total. The van der Waals surface area contributed by atoms with Crippen LogP contribution in [-0.2, 0) is 4.79 Å². The highest BCUT2D eigenvalue weighted by molar-refractivity contribution is 5.94. The first-order chi connectivity index (χ1) is 8.81. The molecular weight excluding hydrogens is 224 g/mol. The third-order valence-corrected chi connectivity index (χ3v) is 3.24. The number of nitrogens with two attached hydrogens (primary N) is 1. The van der Waals surface area contributed by atoms with E-state index in [1.165, 1.54) is 0 Å². The first-order valence-electron chi connectivity index (χ1n) is 6.40. The minimum atomic E-state index is 0.120. The van der Waals surface area contributed by atoms with Crippen LogP contribution in [-0.4, -0.2) is 12.5 Å². The Morgan fingerprint density at radius 2 is 2.06 bits per heavy atom. The second-order valence-electron chi connectivity index (χ2n) is 4.52. The van der Waals surface area contributed by atoms with Crippen LogP contribution in [0.5, 0.6) is 0 Å². The molecule has 18 heavy (non-hydrogen) atoms. The number of para-hydroxylation sites is 1. The highest BCUT2D eigenvalue weighted by Gasteiger charge is 2.22. The van der Waals surface area contributed by atoms with Gasteiger partial charge in [-0.25, -0.2) is 0 Å². The van der Waals surface area contributed by atoms with Crippen molar-refractivity contribution in [2.75, 3.05) is 11.9 Å². The van der Waals surface area contributed by atoms with E-state index >= 15 is 0 Å². The zero-order valence-corrected chi connectivity index (χ0v) is 10.4. The minimum Gasteiger partial charge on any atom is -0.325 e. The molecule has 0 bridgehead atoms. The van der Waals surface area contributed by atoms with E-state index < -0.39 is 0 Å². The summed E-state index contributed by atoms with van der Waals surface area (Å²) in [5, 5.41) is 2.98. The first kappa shape index (κ1) is 12.7. The normalized spacial score (nSPS) is 14.9. The SMILES string of the molecule is NCC#Cc1ccccc1NC(=O)C1CCCC1. The van der Waals surface area contributed by atoms with Gasteiger partial charge >= 0.3 is 0 Å². The van der Waals surface area contributed by atoms with E-state index in [9.17, 15) is 4.79 Å². The van der Waals surface area contributed by atoms with Crippen LogP contribution in [0, 0.1) is 17.8 Å². The van der Waals surface area contributed by atoms with Crippen LogP contribution in [0.2, 0.25) is 0 Å². The highest BCUT2D eigenvalue weighted by atomic mass is 16.1. The van der Waals surface area contributed by atoms with Crippen molar-refractivity contribution >= 4 is 11.6 Å². The molecule has 1 aromatic carbocycles. The summed E-state index contributed by atoms with van der Waals surface area (Å²) in [7, 11) is 0. The Labute approximate surface area is 108 Å². The zero-order chi connectivity index (χ0) is 12.8. The van der Waals surface area contributed by atoms with Crippen molar-refractivity contribution < 1.29 is 4.79 Å². The van der Waals surface area contributed by atoms with E-state index in [1.54, 1.807) is 0 Å². The predicted octanol–water partition coefficient (Wildman–Crippen LogP) is 2.13. The van der Waals surface area contributed by atoms with Crippen molar-refractivity contribution in [3.05, 3.63) is 29.8 Å². The van der Waals surface area contributed by atoms with Gasteiger partial charge in [-0.2, -0.15) is 0 Å². The van der Waals surface area contributed by atoms with Crippen LogP contribution in [0.3, 0.4) is 0 Å². The monoisotopic (exact) mass is 242 g/mol. The molecule has 1 fully saturated rings. The molecule has 2 rings (SSSR count). The Bertz CT molecular complexity index is 479. The molecule has 1 saturated carbocycles. The zero-order valence-electron chi connectivity index (χ0n) is 10.4. The second-order valence-corrected chi connectivity index (χ2v) is 4.52. The molecule has 0 aromatic heterocycles. The molecule has 0 atom stereocenters. The van der Waals surface area contributed by atoms with Crippen LogP contribution in [0.15, 0.2) is 24.3 Å². The number of carbonyl (C=O) groups excluding carboxylic acids is 1. The van der Waals surface area contributed by atoms with Crippen LogP contribution in [0.4, 0.5) is 5.69 Å². The summed E-state index contributed by atoms with van der Waals surface area (Å²) in [4.78, 5) is 12.1. The van der Waals surface area contributed by atoms with Gasteiger partial charge in [0.15, 0.2) is 0 Å². The standard InChI is InChI=1S/C15H18N2O/c16-11-5-9-12-6-3-4-10-14(12)17-15(18)13-7-1-2-8-13/h3-4,6,10,13H,1-2,7-8,11,16H2,(H,17,18). The Morgan fingerprint density at radius 3 is 2.78 bits per heavy atom. The average molecular weight is 242 g/mol. The molecule has 0 unspecified atom stereocenters. The van der Waals surface area contributed by atoms with Gasteiger partial charge in [-0.05, 0) is 25.0 Å². The second kappa shape index (κ2) is 6.23. The smallest absolute Gasteiger partial charge is 0.227 e. The Hall–Kier alpha value is -1.79.